The van der Waals surface area contributed by atoms with Gasteiger partial charge in [0.1, 0.15) is 6.10 Å². The Balaban J connectivity index is 1.70. The van der Waals surface area contributed by atoms with Gasteiger partial charge in [0.05, 0.1) is 17.9 Å². The first-order valence-electron chi connectivity index (χ1n) is 9.52. The molecule has 8 atom stereocenters. The van der Waals surface area contributed by atoms with Crippen molar-refractivity contribution >= 4 is 11.9 Å². The van der Waals surface area contributed by atoms with Crippen molar-refractivity contribution in [3.63, 3.8) is 0 Å². The lowest BCUT2D eigenvalue weighted by atomic mass is 9.44. The maximum atomic E-state index is 12.9. The molecule has 0 aromatic carbocycles. The zero-order valence-electron chi connectivity index (χ0n) is 14.5. The van der Waals surface area contributed by atoms with Crippen molar-refractivity contribution < 1.29 is 19.1 Å². The molecule has 0 aromatic rings. The van der Waals surface area contributed by atoms with Crippen molar-refractivity contribution in [3.05, 3.63) is 12.2 Å². The van der Waals surface area contributed by atoms with Gasteiger partial charge in [-0.05, 0) is 62.2 Å². The Hall–Kier alpha value is -1.32. The van der Waals surface area contributed by atoms with Gasteiger partial charge < -0.3 is 9.47 Å². The van der Waals surface area contributed by atoms with E-state index in [9.17, 15) is 9.59 Å². The van der Waals surface area contributed by atoms with Crippen molar-refractivity contribution in [1.29, 1.82) is 0 Å². The van der Waals surface area contributed by atoms with E-state index in [0.29, 0.717) is 23.7 Å². The van der Waals surface area contributed by atoms with Crippen LogP contribution in [-0.4, -0.2) is 25.2 Å². The third-order valence-corrected chi connectivity index (χ3v) is 8.34. The first-order valence-corrected chi connectivity index (χ1v) is 9.52. The van der Waals surface area contributed by atoms with E-state index in [4.69, 9.17) is 9.47 Å². The molecule has 5 fully saturated rings. The van der Waals surface area contributed by atoms with Gasteiger partial charge in [0.25, 0.3) is 0 Å². The molecule has 2 aliphatic heterocycles. The topological polar surface area (TPSA) is 52.6 Å². The number of allylic oxidation sites excluding steroid dienone is 1. The third kappa shape index (κ3) is 1.48. The van der Waals surface area contributed by atoms with E-state index in [0.717, 1.165) is 38.5 Å². The van der Waals surface area contributed by atoms with Gasteiger partial charge in [0.15, 0.2) is 0 Å². The van der Waals surface area contributed by atoms with Gasteiger partial charge in [0, 0.05) is 5.92 Å². The molecule has 4 nitrogen and oxygen atoms in total. The fraction of sp³-hybridized carbons (Fsp3) is 0.800. The quantitative estimate of drug-likeness (QED) is 0.547. The fourth-order valence-electron chi connectivity index (χ4n) is 7.50. The Bertz CT molecular complexity index is 640. The molecular formula is C20H26O4. The normalized spacial score (nSPS) is 54.0. The molecule has 130 valence electrons. The third-order valence-electron chi connectivity index (χ3n) is 8.34. The zero-order chi connectivity index (χ0) is 16.7. The van der Waals surface area contributed by atoms with Crippen LogP contribution in [0.1, 0.15) is 45.4 Å². The minimum Gasteiger partial charge on any atom is -0.468 e. The fourth-order valence-corrected chi connectivity index (χ4v) is 7.50. The lowest BCUT2D eigenvalue weighted by Crippen LogP contribution is -2.66. The molecule has 6 rings (SSSR count). The second-order valence-electron chi connectivity index (χ2n) is 8.84. The maximum absolute atomic E-state index is 12.9. The van der Waals surface area contributed by atoms with E-state index in [-0.39, 0.29) is 29.4 Å². The molecule has 1 spiro atoms. The number of rotatable bonds is 1. The molecule has 0 amide bonds. The van der Waals surface area contributed by atoms with E-state index in [1.807, 2.05) is 0 Å². The lowest BCUT2D eigenvalue weighted by molar-refractivity contribution is -0.233. The molecule has 1 unspecified atom stereocenters. The van der Waals surface area contributed by atoms with Gasteiger partial charge >= 0.3 is 11.9 Å². The van der Waals surface area contributed by atoms with Crippen LogP contribution in [0.15, 0.2) is 12.2 Å². The number of hydrogen-bond acceptors (Lipinski definition) is 4. The standard InChI is InChI=1S/C20H26O4/c1-11-9-14-13-10-12-5-3-4-6-19(17(21)23-2)7-8-20(11,18(22)24-14)16(13)15(12)19/h4,6,11-16H,3,5,7-10H2,1-2H3/t11?,12-,13+,14-,15+,16-,19+,20+/m0/s1. The minimum absolute atomic E-state index is 0.0276. The molecule has 24 heavy (non-hydrogen) atoms. The number of fused-ring (bicyclic) bond motifs is 2. The van der Waals surface area contributed by atoms with Crippen LogP contribution in [0.3, 0.4) is 0 Å². The van der Waals surface area contributed by atoms with Gasteiger partial charge in [-0.15, -0.1) is 0 Å². The second-order valence-corrected chi connectivity index (χ2v) is 8.84. The summed E-state index contributed by atoms with van der Waals surface area (Å²) in [6.07, 6.45) is 10.2. The Morgan fingerprint density at radius 3 is 2.88 bits per heavy atom. The summed E-state index contributed by atoms with van der Waals surface area (Å²) in [6, 6.07) is 0. The van der Waals surface area contributed by atoms with Crippen LogP contribution in [0.5, 0.6) is 0 Å². The van der Waals surface area contributed by atoms with Crippen LogP contribution in [0.25, 0.3) is 0 Å². The SMILES string of the molecule is COC(=O)[C@@]12C=CCC[C@H]3C[C@H]4[C@@H]([C@@H]31)[C@]1(CC2)C(=O)O[C@H]4CC1C. The van der Waals surface area contributed by atoms with Crippen molar-refractivity contribution in [1.82, 2.24) is 0 Å². The highest BCUT2D eigenvalue weighted by molar-refractivity contribution is 5.84. The Kier molecular flexibility index (Phi) is 2.90. The van der Waals surface area contributed by atoms with Crippen molar-refractivity contribution in [2.45, 2.75) is 51.6 Å². The van der Waals surface area contributed by atoms with Crippen LogP contribution < -0.4 is 0 Å². The van der Waals surface area contributed by atoms with Crippen LogP contribution in [0.2, 0.25) is 0 Å². The first kappa shape index (κ1) is 15.0. The van der Waals surface area contributed by atoms with E-state index in [1.165, 1.54) is 7.11 Å². The summed E-state index contributed by atoms with van der Waals surface area (Å²) in [5.74, 6) is 1.81. The minimum atomic E-state index is -0.516. The highest BCUT2D eigenvalue weighted by Crippen LogP contribution is 2.72. The highest BCUT2D eigenvalue weighted by atomic mass is 16.6. The van der Waals surface area contributed by atoms with E-state index in [1.54, 1.807) is 0 Å². The second kappa shape index (κ2) is 4.64. The van der Waals surface area contributed by atoms with Gasteiger partial charge in [0.2, 0.25) is 0 Å². The molecule has 2 saturated heterocycles. The summed E-state index contributed by atoms with van der Waals surface area (Å²) >= 11 is 0. The zero-order valence-corrected chi connectivity index (χ0v) is 14.5. The molecular weight excluding hydrogens is 304 g/mol. The molecule has 2 bridgehead atoms. The summed E-state index contributed by atoms with van der Waals surface area (Å²) < 4.78 is 11.1. The summed E-state index contributed by atoms with van der Waals surface area (Å²) in [7, 11) is 1.51. The molecule has 4 heteroatoms. The molecule has 4 aliphatic carbocycles. The Morgan fingerprint density at radius 2 is 2.12 bits per heavy atom. The van der Waals surface area contributed by atoms with Gasteiger partial charge in [-0.1, -0.05) is 19.1 Å². The van der Waals surface area contributed by atoms with Crippen LogP contribution in [0.4, 0.5) is 0 Å². The molecule has 6 aliphatic rings. The van der Waals surface area contributed by atoms with Crippen LogP contribution in [0, 0.1) is 40.4 Å². The predicted octanol–water partition coefficient (Wildman–Crippen LogP) is 3.11. The number of esters is 2. The lowest BCUT2D eigenvalue weighted by Gasteiger charge is -2.62. The number of carbonyl (C=O) groups excluding carboxylic acids is 2. The van der Waals surface area contributed by atoms with Gasteiger partial charge in [-0.2, -0.15) is 0 Å². The molecule has 0 N–H and O–H groups in total. The summed E-state index contributed by atoms with van der Waals surface area (Å²) in [5, 5.41) is 0. The maximum Gasteiger partial charge on any atom is 0.315 e. The molecule has 3 saturated carbocycles. The smallest absolute Gasteiger partial charge is 0.315 e. The summed E-state index contributed by atoms with van der Waals surface area (Å²) in [4.78, 5) is 25.8. The average molecular weight is 330 g/mol. The predicted molar refractivity (Wildman–Crippen MR) is 86.7 cm³/mol. The largest absolute Gasteiger partial charge is 0.468 e. The Labute approximate surface area is 143 Å². The van der Waals surface area contributed by atoms with Gasteiger partial charge in [-0.3, -0.25) is 9.59 Å². The average Bonchev–Trinajstić information content (AvgIpc) is 2.87. The number of carbonyl (C=O) groups is 2. The van der Waals surface area contributed by atoms with Crippen molar-refractivity contribution in [3.8, 4) is 0 Å². The summed E-state index contributed by atoms with van der Waals surface area (Å²) in [5.41, 5.74) is -0.868. The summed E-state index contributed by atoms with van der Waals surface area (Å²) in [6.45, 7) is 2.23. The monoisotopic (exact) mass is 330 g/mol. The Morgan fingerprint density at radius 1 is 1.29 bits per heavy atom. The highest BCUT2D eigenvalue weighted by Gasteiger charge is 2.74. The number of hydrogen-bond donors (Lipinski definition) is 0. The van der Waals surface area contributed by atoms with E-state index >= 15 is 0 Å². The van der Waals surface area contributed by atoms with Crippen molar-refractivity contribution in [2.75, 3.05) is 7.11 Å². The first-order chi connectivity index (χ1) is 11.5. The van der Waals surface area contributed by atoms with Crippen LogP contribution in [-0.2, 0) is 19.1 Å². The number of ether oxygens (including phenoxy) is 2. The molecule has 2 heterocycles. The van der Waals surface area contributed by atoms with Crippen molar-refractivity contribution in [2.24, 2.45) is 40.4 Å². The number of methoxy groups -OCH3 is 1. The van der Waals surface area contributed by atoms with E-state index in [2.05, 4.69) is 19.1 Å². The molecule has 0 radical (unpaired) electrons. The van der Waals surface area contributed by atoms with Gasteiger partial charge in [-0.25, -0.2) is 0 Å². The van der Waals surface area contributed by atoms with E-state index < -0.39 is 5.41 Å². The van der Waals surface area contributed by atoms with Crippen LogP contribution >= 0.6 is 0 Å². The molecule has 0 aromatic heterocycles.